The van der Waals surface area contributed by atoms with E-state index in [0.29, 0.717) is 36.4 Å². The highest BCUT2D eigenvalue weighted by atomic mass is 16.5. The van der Waals surface area contributed by atoms with Gasteiger partial charge in [0.15, 0.2) is 13.2 Å². The van der Waals surface area contributed by atoms with Gasteiger partial charge in [-0.2, -0.15) is 0 Å². The summed E-state index contributed by atoms with van der Waals surface area (Å²) in [5.74, 6) is 3.67. The van der Waals surface area contributed by atoms with Crippen molar-refractivity contribution in [2.75, 3.05) is 0 Å². The Morgan fingerprint density at radius 3 is 1.37 bits per heavy atom. The highest BCUT2D eigenvalue weighted by Crippen LogP contribution is 2.14. The largest absolute Gasteiger partial charge is 0.484 e. The molecule has 4 aromatic rings. The van der Waals surface area contributed by atoms with E-state index in [4.69, 9.17) is 18.3 Å². The highest BCUT2D eigenvalue weighted by Gasteiger charge is 2.09. The van der Waals surface area contributed by atoms with Crippen molar-refractivity contribution in [3.05, 3.63) is 84.2 Å². The number of hydrogen-bond acceptors (Lipinski definition) is 8. The third-order valence-corrected chi connectivity index (χ3v) is 4.26. The van der Waals surface area contributed by atoms with Gasteiger partial charge in [-0.05, 0) is 37.1 Å². The fourth-order valence-electron chi connectivity index (χ4n) is 2.77. The minimum atomic E-state index is 0.257. The van der Waals surface area contributed by atoms with Crippen molar-refractivity contribution in [2.24, 2.45) is 0 Å². The molecule has 0 bridgehead atoms. The van der Waals surface area contributed by atoms with Crippen LogP contribution in [0, 0.1) is 0 Å². The smallest absolute Gasteiger partial charge is 0.253 e. The van der Waals surface area contributed by atoms with E-state index in [1.807, 2.05) is 60.7 Å². The molecule has 4 rings (SSSR count). The van der Waals surface area contributed by atoms with Gasteiger partial charge in [-0.1, -0.05) is 36.4 Å². The molecule has 8 nitrogen and oxygen atoms in total. The topological polar surface area (TPSA) is 96.3 Å². The third kappa shape index (κ3) is 5.91. The molecule has 2 aromatic carbocycles. The summed E-state index contributed by atoms with van der Waals surface area (Å²) in [6, 6.07) is 19.1. The van der Waals surface area contributed by atoms with Crippen LogP contribution in [0.2, 0.25) is 0 Å². The number of para-hydroxylation sites is 2. The summed E-state index contributed by atoms with van der Waals surface area (Å²) in [6.45, 7) is 0.514. The number of aryl methyl sites for hydroxylation is 2. The lowest BCUT2D eigenvalue weighted by Gasteiger charge is -2.01. The Balaban J connectivity index is 1.14. The molecular formula is C22H22N4O4. The van der Waals surface area contributed by atoms with E-state index in [0.717, 1.165) is 24.3 Å². The van der Waals surface area contributed by atoms with Crippen LogP contribution in [0.3, 0.4) is 0 Å². The zero-order valence-corrected chi connectivity index (χ0v) is 16.4. The molecule has 0 aliphatic carbocycles. The van der Waals surface area contributed by atoms with Crippen LogP contribution in [0.15, 0.2) is 69.5 Å². The second-order valence-corrected chi connectivity index (χ2v) is 6.59. The van der Waals surface area contributed by atoms with Gasteiger partial charge in [0, 0.05) is 12.8 Å². The molecule has 0 fully saturated rings. The summed E-state index contributed by atoms with van der Waals surface area (Å²) in [7, 11) is 0. The van der Waals surface area contributed by atoms with Crippen LogP contribution in [-0.2, 0) is 26.1 Å². The lowest BCUT2D eigenvalue weighted by Crippen LogP contribution is -1.95. The molecule has 0 atom stereocenters. The Hall–Kier alpha value is -3.68. The van der Waals surface area contributed by atoms with Crippen LogP contribution in [-0.4, -0.2) is 20.4 Å². The fraction of sp³-hybridized carbons (Fsp3) is 0.273. The number of ether oxygens (including phenoxy) is 2. The second-order valence-electron chi connectivity index (χ2n) is 6.59. The molecule has 0 aliphatic rings. The molecule has 0 N–H and O–H groups in total. The van der Waals surface area contributed by atoms with E-state index >= 15 is 0 Å². The Morgan fingerprint density at radius 1 is 0.533 bits per heavy atom. The van der Waals surface area contributed by atoms with Gasteiger partial charge in [0.1, 0.15) is 11.5 Å². The van der Waals surface area contributed by atoms with E-state index in [1.54, 1.807) is 0 Å². The molecule has 0 radical (unpaired) electrons. The Kier molecular flexibility index (Phi) is 6.67. The fourth-order valence-corrected chi connectivity index (χ4v) is 2.77. The summed E-state index contributed by atoms with van der Waals surface area (Å²) in [6.07, 6.45) is 3.13. The maximum absolute atomic E-state index is 5.62. The predicted molar refractivity (Wildman–Crippen MR) is 107 cm³/mol. The average molecular weight is 406 g/mol. The van der Waals surface area contributed by atoms with E-state index in [-0.39, 0.29) is 13.2 Å². The minimum Gasteiger partial charge on any atom is -0.484 e. The first-order chi connectivity index (χ1) is 14.8. The first-order valence-electron chi connectivity index (χ1n) is 9.83. The number of hydrogen-bond donors (Lipinski definition) is 0. The number of unbranched alkanes of at least 4 members (excludes halogenated alkanes) is 1. The van der Waals surface area contributed by atoms with Crippen LogP contribution < -0.4 is 9.47 Å². The molecule has 0 amide bonds. The number of benzene rings is 2. The van der Waals surface area contributed by atoms with Gasteiger partial charge in [0.25, 0.3) is 11.8 Å². The van der Waals surface area contributed by atoms with Gasteiger partial charge in [-0.25, -0.2) is 0 Å². The Morgan fingerprint density at radius 2 is 0.933 bits per heavy atom. The normalized spacial score (nSPS) is 10.8. The summed E-state index contributed by atoms with van der Waals surface area (Å²) >= 11 is 0. The molecule has 30 heavy (non-hydrogen) atoms. The first kappa shape index (κ1) is 19.6. The molecule has 2 aromatic heterocycles. The van der Waals surface area contributed by atoms with Crippen LogP contribution in [0.25, 0.3) is 0 Å². The van der Waals surface area contributed by atoms with Crippen molar-refractivity contribution >= 4 is 0 Å². The Bertz CT molecular complexity index is 934. The number of aromatic nitrogens is 4. The van der Waals surface area contributed by atoms with Gasteiger partial charge < -0.3 is 18.3 Å². The lowest BCUT2D eigenvalue weighted by molar-refractivity contribution is 0.257. The molecule has 0 spiro atoms. The van der Waals surface area contributed by atoms with Crippen LogP contribution in [0.1, 0.15) is 36.4 Å². The van der Waals surface area contributed by atoms with Crippen LogP contribution in [0.5, 0.6) is 11.5 Å². The predicted octanol–water partition coefficient (Wildman–Crippen LogP) is 4.18. The molecule has 0 unspecified atom stereocenters. The quantitative estimate of drug-likeness (QED) is 0.342. The molecule has 0 aliphatic heterocycles. The monoisotopic (exact) mass is 406 g/mol. The molecule has 0 saturated heterocycles. The zero-order valence-electron chi connectivity index (χ0n) is 16.4. The summed E-state index contributed by atoms with van der Waals surface area (Å²) in [5, 5.41) is 16.2. The SMILES string of the molecule is c1ccc(OCc2nnc(CCCCc3nnc(COc4ccccc4)o3)o2)cc1. The van der Waals surface area contributed by atoms with Crippen molar-refractivity contribution in [2.45, 2.75) is 38.9 Å². The van der Waals surface area contributed by atoms with Crippen LogP contribution >= 0.6 is 0 Å². The van der Waals surface area contributed by atoms with Gasteiger partial charge >= 0.3 is 0 Å². The van der Waals surface area contributed by atoms with Crippen molar-refractivity contribution in [3.63, 3.8) is 0 Å². The van der Waals surface area contributed by atoms with Gasteiger partial charge in [0.2, 0.25) is 11.8 Å². The van der Waals surface area contributed by atoms with Crippen LogP contribution in [0.4, 0.5) is 0 Å². The van der Waals surface area contributed by atoms with Crippen molar-refractivity contribution in [1.82, 2.24) is 20.4 Å². The highest BCUT2D eigenvalue weighted by molar-refractivity contribution is 5.21. The van der Waals surface area contributed by atoms with E-state index in [2.05, 4.69) is 20.4 Å². The molecule has 8 heteroatoms. The summed E-state index contributed by atoms with van der Waals surface area (Å²) < 4.78 is 22.5. The number of nitrogens with zero attached hydrogens (tertiary/aromatic N) is 4. The molecule has 154 valence electrons. The maximum atomic E-state index is 5.62. The minimum absolute atomic E-state index is 0.257. The summed E-state index contributed by atoms with van der Waals surface area (Å²) in [5.41, 5.74) is 0. The standard InChI is InChI=1S/C22H22N4O4/c1-3-9-17(10-4-1)27-15-21-25-23-19(29-21)13-7-8-14-20-24-26-22(30-20)16-28-18-11-5-2-6-12-18/h1-6,9-12H,7-8,13-16H2. The first-order valence-corrected chi connectivity index (χ1v) is 9.83. The zero-order chi connectivity index (χ0) is 20.4. The second kappa shape index (κ2) is 10.2. The van der Waals surface area contributed by atoms with Crippen molar-refractivity contribution in [1.29, 1.82) is 0 Å². The van der Waals surface area contributed by atoms with E-state index < -0.39 is 0 Å². The Labute approximate surface area is 173 Å². The number of rotatable bonds is 11. The van der Waals surface area contributed by atoms with Gasteiger partial charge in [0.05, 0.1) is 0 Å². The van der Waals surface area contributed by atoms with E-state index in [1.165, 1.54) is 0 Å². The van der Waals surface area contributed by atoms with Crippen molar-refractivity contribution < 1.29 is 18.3 Å². The van der Waals surface area contributed by atoms with E-state index in [9.17, 15) is 0 Å². The van der Waals surface area contributed by atoms with Crippen molar-refractivity contribution in [3.8, 4) is 11.5 Å². The van der Waals surface area contributed by atoms with Gasteiger partial charge in [-0.3, -0.25) is 0 Å². The van der Waals surface area contributed by atoms with Gasteiger partial charge in [-0.15, -0.1) is 20.4 Å². The lowest BCUT2D eigenvalue weighted by atomic mass is 10.2. The maximum Gasteiger partial charge on any atom is 0.253 e. The summed E-state index contributed by atoms with van der Waals surface area (Å²) in [4.78, 5) is 0. The molecule has 0 saturated carbocycles. The third-order valence-electron chi connectivity index (χ3n) is 4.26. The molecule has 2 heterocycles. The molecular weight excluding hydrogens is 384 g/mol. The average Bonchev–Trinajstić information content (AvgIpc) is 3.45.